The third kappa shape index (κ3) is 2.52. The molecule has 2 atom stereocenters. The van der Waals surface area contributed by atoms with E-state index in [0.717, 1.165) is 22.5 Å². The molecule has 2 aliphatic heterocycles. The summed E-state index contributed by atoms with van der Waals surface area (Å²) in [6.07, 6.45) is 9.29. The van der Waals surface area contributed by atoms with Crippen molar-refractivity contribution in [1.82, 2.24) is 4.57 Å². The van der Waals surface area contributed by atoms with Crippen LogP contribution in [0.25, 0.3) is 17.3 Å². The van der Waals surface area contributed by atoms with Crippen LogP contribution in [0.4, 0.5) is 5.69 Å². The van der Waals surface area contributed by atoms with Crippen molar-refractivity contribution in [2.45, 2.75) is 12.2 Å². The largest absolute Gasteiger partial charge is 0.493 e. The van der Waals surface area contributed by atoms with Gasteiger partial charge in [0.15, 0.2) is 3.95 Å². The molecule has 1 fully saturated rings. The van der Waals surface area contributed by atoms with Gasteiger partial charge in [-0.25, -0.2) is 0 Å². The molecule has 0 radical (unpaired) electrons. The minimum atomic E-state index is -0.146. The van der Waals surface area contributed by atoms with Crippen LogP contribution in [-0.4, -0.2) is 34.9 Å². The summed E-state index contributed by atoms with van der Waals surface area (Å²) in [4.78, 5) is 5.11. The van der Waals surface area contributed by atoms with Crippen LogP contribution in [0.5, 0.6) is 5.88 Å². The van der Waals surface area contributed by atoms with Crippen LogP contribution in [0.15, 0.2) is 47.5 Å². The first kappa shape index (κ1) is 15.9. The predicted octanol–water partition coefficient (Wildman–Crippen LogP) is 4.39. The number of para-hydroxylation sites is 1. The smallest absolute Gasteiger partial charge is 0.215 e. The first-order valence-corrected chi connectivity index (χ1v) is 9.37. The zero-order valence-corrected chi connectivity index (χ0v) is 15.2. The summed E-state index contributed by atoms with van der Waals surface area (Å²) in [6, 6.07) is 7.93. The van der Waals surface area contributed by atoms with Gasteiger partial charge in [0, 0.05) is 23.0 Å². The van der Waals surface area contributed by atoms with Crippen LogP contribution in [-0.2, 0) is 9.47 Å². The fourth-order valence-corrected chi connectivity index (χ4v) is 4.56. The maximum atomic E-state index is 10.8. The van der Waals surface area contributed by atoms with Gasteiger partial charge in [-0.05, 0) is 36.5 Å². The molecule has 1 N–H and O–H groups in total. The van der Waals surface area contributed by atoms with Crippen molar-refractivity contribution in [3.8, 4) is 5.88 Å². The molecule has 3 heterocycles. The van der Waals surface area contributed by atoms with Crippen LogP contribution in [0, 0.1) is 3.95 Å². The Morgan fingerprint density at radius 2 is 2.12 bits per heavy atom. The second-order valence-electron chi connectivity index (χ2n) is 6.10. The van der Waals surface area contributed by atoms with E-state index in [4.69, 9.17) is 21.7 Å². The van der Waals surface area contributed by atoms with Gasteiger partial charge in [0.2, 0.25) is 5.88 Å². The summed E-state index contributed by atoms with van der Waals surface area (Å²) >= 11 is 6.86. The van der Waals surface area contributed by atoms with Crippen LogP contribution >= 0.6 is 23.6 Å². The van der Waals surface area contributed by atoms with Crippen LogP contribution < -0.4 is 0 Å². The molecule has 3 aliphatic rings. The number of aliphatic imine (C=N–C) groups is 1. The first-order chi connectivity index (χ1) is 12.7. The molecule has 1 aromatic carbocycles. The van der Waals surface area contributed by atoms with Gasteiger partial charge in [-0.3, -0.25) is 9.56 Å². The number of hydrogen-bond acceptors (Lipinski definition) is 6. The van der Waals surface area contributed by atoms with E-state index in [1.165, 1.54) is 11.3 Å². The summed E-state index contributed by atoms with van der Waals surface area (Å²) in [5.74, 6) is 0.124. The molecule has 1 aliphatic carbocycles. The normalized spacial score (nSPS) is 24.8. The fourth-order valence-electron chi connectivity index (χ4n) is 3.26. The number of ether oxygens (including phenoxy) is 2. The lowest BCUT2D eigenvalue weighted by molar-refractivity contribution is 0.0503. The minimum Gasteiger partial charge on any atom is -0.493 e. The summed E-state index contributed by atoms with van der Waals surface area (Å²) < 4.78 is 13.2. The zero-order valence-electron chi connectivity index (χ0n) is 13.5. The summed E-state index contributed by atoms with van der Waals surface area (Å²) in [5, 5.41) is 10.8. The predicted molar refractivity (Wildman–Crippen MR) is 105 cm³/mol. The number of fused-ring (bicyclic) bond motifs is 2. The highest BCUT2D eigenvalue weighted by molar-refractivity contribution is 7.73. The van der Waals surface area contributed by atoms with Gasteiger partial charge in [-0.2, -0.15) is 0 Å². The maximum Gasteiger partial charge on any atom is 0.215 e. The number of aromatic hydroxyl groups is 1. The molecule has 0 saturated carbocycles. The Hall–Kier alpha value is -2.32. The van der Waals surface area contributed by atoms with E-state index in [1.54, 1.807) is 4.57 Å². The Balaban J connectivity index is 1.55. The van der Waals surface area contributed by atoms with E-state index < -0.39 is 0 Å². The lowest BCUT2D eigenvalue weighted by Crippen LogP contribution is -2.21. The summed E-state index contributed by atoms with van der Waals surface area (Å²) in [6.45, 7) is 0.278. The molecule has 2 aromatic rings. The second kappa shape index (κ2) is 6.14. The highest BCUT2D eigenvalue weighted by Crippen LogP contribution is 2.37. The molecule has 7 heteroatoms. The molecule has 0 amide bonds. The van der Waals surface area contributed by atoms with Crippen molar-refractivity contribution >= 4 is 52.8 Å². The van der Waals surface area contributed by atoms with Crippen LogP contribution in [0.2, 0.25) is 0 Å². The summed E-state index contributed by atoms with van der Waals surface area (Å²) in [7, 11) is 0. The summed E-state index contributed by atoms with van der Waals surface area (Å²) in [5.41, 5.74) is 3.73. The quantitative estimate of drug-likeness (QED) is 0.783. The highest BCUT2D eigenvalue weighted by atomic mass is 32.1. The molecule has 5 nitrogen and oxygen atoms in total. The number of aromatic nitrogens is 1. The number of benzene rings is 1. The van der Waals surface area contributed by atoms with Gasteiger partial charge in [-0.15, -0.1) is 11.3 Å². The van der Waals surface area contributed by atoms with E-state index >= 15 is 0 Å². The SMILES string of the molecule is Oc1c(C=C2C=Nc3ccccc32)sc(=S)n1C1=C[C@H]2OCO[C@@H]2C=C1. The number of thiazole rings is 1. The van der Waals surface area contributed by atoms with Gasteiger partial charge in [0.05, 0.1) is 10.6 Å². The minimum absolute atomic E-state index is 0.0681. The average molecular weight is 382 g/mol. The van der Waals surface area contributed by atoms with E-state index in [9.17, 15) is 5.11 Å². The third-order valence-electron chi connectivity index (χ3n) is 4.55. The molecule has 26 heavy (non-hydrogen) atoms. The van der Waals surface area contributed by atoms with Crippen molar-refractivity contribution in [1.29, 1.82) is 0 Å². The van der Waals surface area contributed by atoms with Crippen molar-refractivity contribution in [3.05, 3.63) is 56.9 Å². The molecule has 5 rings (SSSR count). The number of hydrogen-bond donors (Lipinski definition) is 1. The lowest BCUT2D eigenvalue weighted by atomic mass is 10.1. The maximum absolute atomic E-state index is 10.8. The fraction of sp³-hybridized carbons (Fsp3) is 0.158. The molecule has 1 saturated heterocycles. The van der Waals surface area contributed by atoms with Gasteiger partial charge in [-0.1, -0.05) is 24.3 Å². The van der Waals surface area contributed by atoms with Crippen molar-refractivity contribution in [2.75, 3.05) is 6.79 Å². The Kier molecular flexibility index (Phi) is 3.75. The first-order valence-electron chi connectivity index (χ1n) is 8.14. The third-order valence-corrected chi connectivity index (χ3v) is 5.86. The van der Waals surface area contributed by atoms with E-state index in [0.29, 0.717) is 8.83 Å². The zero-order chi connectivity index (χ0) is 17.7. The van der Waals surface area contributed by atoms with Crippen LogP contribution in [0.1, 0.15) is 10.4 Å². The van der Waals surface area contributed by atoms with Gasteiger partial charge < -0.3 is 14.6 Å². The van der Waals surface area contributed by atoms with Gasteiger partial charge in [0.1, 0.15) is 19.0 Å². The van der Waals surface area contributed by atoms with Crippen molar-refractivity contribution in [2.24, 2.45) is 4.99 Å². The second-order valence-corrected chi connectivity index (χ2v) is 7.77. The van der Waals surface area contributed by atoms with Crippen molar-refractivity contribution < 1.29 is 14.6 Å². The van der Waals surface area contributed by atoms with E-state index in [2.05, 4.69) is 4.99 Å². The Morgan fingerprint density at radius 3 is 3.04 bits per heavy atom. The average Bonchev–Trinajstić information content (AvgIpc) is 3.34. The number of rotatable bonds is 2. The molecular weight excluding hydrogens is 368 g/mol. The number of nitrogens with zero attached hydrogens (tertiary/aromatic N) is 2. The molecular formula is C19H14N2O3S2. The van der Waals surface area contributed by atoms with Gasteiger partial charge >= 0.3 is 0 Å². The Bertz CT molecular complexity index is 1070. The van der Waals surface area contributed by atoms with Crippen molar-refractivity contribution in [3.63, 3.8) is 0 Å². The highest BCUT2D eigenvalue weighted by Gasteiger charge is 2.29. The Morgan fingerprint density at radius 1 is 1.27 bits per heavy atom. The lowest BCUT2D eigenvalue weighted by Gasteiger charge is -2.17. The monoisotopic (exact) mass is 382 g/mol. The molecule has 0 spiro atoms. The van der Waals surface area contributed by atoms with E-state index in [1.807, 2.05) is 54.8 Å². The molecule has 0 unspecified atom stereocenters. The van der Waals surface area contributed by atoms with E-state index in [-0.39, 0.29) is 24.9 Å². The van der Waals surface area contributed by atoms with Gasteiger partial charge in [0.25, 0.3) is 0 Å². The van der Waals surface area contributed by atoms with Crippen LogP contribution in [0.3, 0.4) is 0 Å². The molecule has 130 valence electrons. The topological polar surface area (TPSA) is 56.0 Å². The number of allylic oxidation sites excluding steroid dienone is 3. The molecule has 0 bridgehead atoms. The standard InChI is InChI=1S/C19H14N2O3S2/c22-18-17(7-11-9-20-14-4-2-1-3-13(11)14)26-19(25)21(18)12-5-6-15-16(8-12)24-10-23-15/h1-9,15-16,22H,10H2/t15-,16-/m1/s1. The molecule has 1 aromatic heterocycles. The Labute approximate surface area is 158 Å².